The van der Waals surface area contributed by atoms with Crippen molar-refractivity contribution in [3.05, 3.63) is 22.2 Å². The van der Waals surface area contributed by atoms with E-state index in [1.807, 2.05) is 4.90 Å². The highest BCUT2D eigenvalue weighted by Crippen LogP contribution is 2.31. The molecule has 0 aromatic carbocycles. The van der Waals surface area contributed by atoms with Crippen molar-refractivity contribution < 1.29 is 9.66 Å². The van der Waals surface area contributed by atoms with Crippen molar-refractivity contribution in [1.82, 2.24) is 4.98 Å². The van der Waals surface area contributed by atoms with E-state index in [0.29, 0.717) is 30.7 Å². The summed E-state index contributed by atoms with van der Waals surface area (Å²) in [5, 5.41) is 11.1. The van der Waals surface area contributed by atoms with Crippen molar-refractivity contribution in [3.8, 4) is 5.88 Å². The highest BCUT2D eigenvalue weighted by molar-refractivity contribution is 5.59. The second-order valence-electron chi connectivity index (χ2n) is 4.96. The Morgan fingerprint density at radius 1 is 1.53 bits per heavy atom. The Morgan fingerprint density at radius 2 is 2.26 bits per heavy atom. The van der Waals surface area contributed by atoms with E-state index in [9.17, 15) is 10.1 Å². The smallest absolute Gasteiger partial charge is 0.311 e. The van der Waals surface area contributed by atoms with Crippen molar-refractivity contribution in [2.75, 3.05) is 25.1 Å². The molecule has 1 aliphatic heterocycles. The lowest BCUT2D eigenvalue weighted by atomic mass is 9.96. The number of ether oxygens (including phenoxy) is 1. The Balaban J connectivity index is 2.38. The third-order valence-electron chi connectivity index (χ3n) is 3.23. The molecule has 1 saturated heterocycles. The molecule has 0 saturated carbocycles. The Hall–Kier alpha value is -1.89. The van der Waals surface area contributed by atoms with Gasteiger partial charge in [-0.15, -0.1) is 0 Å². The first-order valence-electron chi connectivity index (χ1n) is 6.21. The topological polar surface area (TPSA) is 94.5 Å². The molecule has 1 aromatic rings. The predicted molar refractivity (Wildman–Crippen MR) is 71.4 cm³/mol. The highest BCUT2D eigenvalue weighted by atomic mass is 16.6. The van der Waals surface area contributed by atoms with Crippen molar-refractivity contribution in [2.24, 2.45) is 11.7 Å². The van der Waals surface area contributed by atoms with Crippen LogP contribution in [0, 0.1) is 16.0 Å². The van der Waals surface area contributed by atoms with Crippen LogP contribution in [0.2, 0.25) is 0 Å². The number of methoxy groups -OCH3 is 1. The number of piperidine rings is 1. The minimum Gasteiger partial charge on any atom is -0.481 e. The van der Waals surface area contributed by atoms with Crippen LogP contribution in [0.4, 0.5) is 11.5 Å². The highest BCUT2D eigenvalue weighted by Gasteiger charge is 2.28. The van der Waals surface area contributed by atoms with Gasteiger partial charge >= 0.3 is 5.69 Å². The molecule has 0 bridgehead atoms. The van der Waals surface area contributed by atoms with Crippen LogP contribution in [0.1, 0.15) is 13.3 Å². The lowest BCUT2D eigenvalue weighted by Crippen LogP contribution is -2.46. The van der Waals surface area contributed by atoms with Gasteiger partial charge in [-0.25, -0.2) is 0 Å². The molecule has 1 aliphatic rings. The molecule has 104 valence electrons. The van der Waals surface area contributed by atoms with Gasteiger partial charge in [-0.3, -0.25) is 10.1 Å². The van der Waals surface area contributed by atoms with Gasteiger partial charge in [-0.1, -0.05) is 6.92 Å². The van der Waals surface area contributed by atoms with Crippen molar-refractivity contribution in [1.29, 1.82) is 0 Å². The summed E-state index contributed by atoms with van der Waals surface area (Å²) >= 11 is 0. The lowest BCUT2D eigenvalue weighted by molar-refractivity contribution is -0.384. The van der Waals surface area contributed by atoms with Crippen LogP contribution in [0.3, 0.4) is 0 Å². The Bertz CT molecular complexity index is 470. The quantitative estimate of drug-likeness (QED) is 0.652. The average Bonchev–Trinajstić information content (AvgIpc) is 2.36. The standard InChI is InChI=1S/C12H18N4O3/c1-8-5-9(13)7-15(6-8)12-10(16(17)18)3-4-11(14-12)19-2/h3-4,8-9H,5-7,13H2,1-2H3. The van der Waals surface area contributed by atoms with Crippen LogP contribution in [0.15, 0.2) is 12.1 Å². The molecule has 2 unspecified atom stereocenters. The Morgan fingerprint density at radius 3 is 2.84 bits per heavy atom. The molecule has 2 heterocycles. The number of hydrogen-bond acceptors (Lipinski definition) is 6. The number of anilines is 1. The van der Waals surface area contributed by atoms with Gasteiger partial charge in [-0.05, 0) is 12.3 Å². The van der Waals surface area contributed by atoms with Gasteiger partial charge in [0, 0.05) is 31.3 Å². The fraction of sp³-hybridized carbons (Fsp3) is 0.583. The first-order valence-corrected chi connectivity index (χ1v) is 6.21. The number of nitrogens with zero attached hydrogens (tertiary/aromatic N) is 3. The number of hydrogen-bond donors (Lipinski definition) is 1. The monoisotopic (exact) mass is 266 g/mol. The third-order valence-corrected chi connectivity index (χ3v) is 3.23. The van der Waals surface area contributed by atoms with Crippen LogP contribution in [0.5, 0.6) is 5.88 Å². The molecule has 2 rings (SSSR count). The van der Waals surface area contributed by atoms with E-state index in [-0.39, 0.29) is 11.7 Å². The van der Waals surface area contributed by atoms with Gasteiger partial charge in [-0.2, -0.15) is 4.98 Å². The van der Waals surface area contributed by atoms with E-state index >= 15 is 0 Å². The SMILES string of the molecule is COc1ccc([N+](=O)[O-])c(N2CC(C)CC(N)C2)n1. The van der Waals surface area contributed by atoms with Crippen LogP contribution < -0.4 is 15.4 Å². The molecule has 0 amide bonds. The first-order chi connectivity index (χ1) is 9.01. The summed E-state index contributed by atoms with van der Waals surface area (Å²) in [6.07, 6.45) is 0.925. The first kappa shape index (κ1) is 13.5. The predicted octanol–water partition coefficient (Wildman–Crippen LogP) is 1.17. The summed E-state index contributed by atoms with van der Waals surface area (Å²) in [6.45, 7) is 3.37. The number of nitro groups is 1. The van der Waals surface area contributed by atoms with Crippen LogP contribution in [-0.2, 0) is 0 Å². The molecule has 2 atom stereocenters. The Kier molecular flexibility index (Phi) is 3.84. The van der Waals surface area contributed by atoms with Gasteiger partial charge in [0.1, 0.15) is 0 Å². The van der Waals surface area contributed by atoms with Gasteiger partial charge < -0.3 is 15.4 Å². The third kappa shape index (κ3) is 2.93. The molecule has 1 fully saturated rings. The molecule has 1 aromatic heterocycles. The molecule has 19 heavy (non-hydrogen) atoms. The summed E-state index contributed by atoms with van der Waals surface area (Å²) in [4.78, 5) is 16.8. The number of nitrogens with two attached hydrogens (primary N) is 1. The summed E-state index contributed by atoms with van der Waals surface area (Å²) in [6, 6.07) is 2.93. The van der Waals surface area contributed by atoms with Gasteiger partial charge in [0.25, 0.3) is 0 Å². The van der Waals surface area contributed by atoms with E-state index in [1.54, 1.807) is 0 Å². The van der Waals surface area contributed by atoms with Gasteiger partial charge in [0.05, 0.1) is 12.0 Å². The molecule has 0 aliphatic carbocycles. The summed E-state index contributed by atoms with van der Waals surface area (Å²) in [5.41, 5.74) is 5.97. The Labute approximate surface area is 111 Å². The van der Waals surface area contributed by atoms with E-state index in [4.69, 9.17) is 10.5 Å². The number of rotatable bonds is 3. The van der Waals surface area contributed by atoms with E-state index in [0.717, 1.165) is 6.42 Å². The molecular formula is C12H18N4O3. The summed E-state index contributed by atoms with van der Waals surface area (Å²) in [5.74, 6) is 1.09. The van der Waals surface area contributed by atoms with E-state index < -0.39 is 4.92 Å². The molecular weight excluding hydrogens is 248 g/mol. The maximum absolute atomic E-state index is 11.1. The van der Waals surface area contributed by atoms with Crippen LogP contribution >= 0.6 is 0 Å². The summed E-state index contributed by atoms with van der Waals surface area (Å²) < 4.78 is 5.04. The molecule has 0 spiro atoms. The van der Waals surface area contributed by atoms with Crippen molar-refractivity contribution in [2.45, 2.75) is 19.4 Å². The lowest BCUT2D eigenvalue weighted by Gasteiger charge is -2.35. The fourth-order valence-corrected chi connectivity index (χ4v) is 2.49. The summed E-state index contributed by atoms with van der Waals surface area (Å²) in [7, 11) is 1.49. The maximum atomic E-state index is 11.1. The molecule has 2 N–H and O–H groups in total. The minimum absolute atomic E-state index is 0.0105. The van der Waals surface area contributed by atoms with Crippen LogP contribution in [-0.4, -0.2) is 36.1 Å². The molecule has 7 nitrogen and oxygen atoms in total. The zero-order chi connectivity index (χ0) is 14.0. The van der Waals surface area contributed by atoms with Crippen LogP contribution in [0.25, 0.3) is 0 Å². The van der Waals surface area contributed by atoms with E-state index in [1.165, 1.54) is 19.2 Å². The molecule has 0 radical (unpaired) electrons. The normalized spacial score (nSPS) is 23.2. The zero-order valence-corrected chi connectivity index (χ0v) is 11.1. The van der Waals surface area contributed by atoms with Gasteiger partial charge in [0.15, 0.2) is 0 Å². The molecule has 7 heteroatoms. The van der Waals surface area contributed by atoms with Crippen molar-refractivity contribution >= 4 is 11.5 Å². The average molecular weight is 266 g/mol. The maximum Gasteiger partial charge on any atom is 0.311 e. The van der Waals surface area contributed by atoms with E-state index in [2.05, 4.69) is 11.9 Å². The second-order valence-corrected chi connectivity index (χ2v) is 4.96. The fourth-order valence-electron chi connectivity index (χ4n) is 2.49. The van der Waals surface area contributed by atoms with Crippen molar-refractivity contribution in [3.63, 3.8) is 0 Å². The minimum atomic E-state index is -0.424. The number of pyridine rings is 1. The largest absolute Gasteiger partial charge is 0.481 e. The number of aromatic nitrogens is 1. The van der Waals surface area contributed by atoms with Gasteiger partial charge in [0.2, 0.25) is 11.7 Å². The second kappa shape index (κ2) is 5.40. The zero-order valence-electron chi connectivity index (χ0n) is 11.1.